The lowest BCUT2D eigenvalue weighted by Crippen LogP contribution is -2.17. The van der Waals surface area contributed by atoms with E-state index in [9.17, 15) is 4.79 Å². The van der Waals surface area contributed by atoms with E-state index in [-0.39, 0.29) is 5.91 Å². The highest BCUT2D eigenvalue weighted by Crippen LogP contribution is 2.14. The minimum Gasteiger partial charge on any atom is -0.489 e. The first-order chi connectivity index (χ1) is 12.3. The van der Waals surface area contributed by atoms with Crippen LogP contribution in [0.2, 0.25) is 0 Å². The van der Waals surface area contributed by atoms with Crippen LogP contribution >= 0.6 is 0 Å². The van der Waals surface area contributed by atoms with Crippen LogP contribution in [0.3, 0.4) is 0 Å². The number of hydrogen-bond acceptors (Lipinski definition) is 3. The zero-order chi connectivity index (χ0) is 17.3. The first-order valence-electron chi connectivity index (χ1n) is 7.96. The molecule has 1 amide bonds. The molecule has 0 atom stereocenters. The molecule has 0 aliphatic rings. The molecule has 0 fully saturated rings. The Morgan fingerprint density at radius 1 is 0.920 bits per heavy atom. The van der Waals surface area contributed by atoms with E-state index in [0.29, 0.717) is 12.2 Å². The number of nitrogens with zero attached hydrogens (tertiary/aromatic N) is 1. The first-order valence-corrected chi connectivity index (χ1v) is 7.96. The third kappa shape index (κ3) is 5.04. The molecule has 0 aliphatic heterocycles. The quantitative estimate of drug-likeness (QED) is 0.548. The Bertz CT molecular complexity index is 846. The molecule has 4 nitrogen and oxygen atoms in total. The average molecular weight is 330 g/mol. The Morgan fingerprint density at radius 2 is 1.64 bits per heavy atom. The molecule has 0 saturated carbocycles. The minimum absolute atomic E-state index is 0.242. The van der Waals surface area contributed by atoms with Crippen LogP contribution in [0, 0.1) is 0 Å². The number of nitrogens with one attached hydrogen (secondary N) is 1. The lowest BCUT2D eigenvalue weighted by molar-refractivity contribution is 0.0955. The van der Waals surface area contributed by atoms with E-state index in [2.05, 4.69) is 10.5 Å². The van der Waals surface area contributed by atoms with Crippen LogP contribution in [0.4, 0.5) is 0 Å². The smallest absolute Gasteiger partial charge is 0.271 e. The molecular formula is C21H18N2O2. The van der Waals surface area contributed by atoms with Crippen molar-refractivity contribution in [1.29, 1.82) is 0 Å². The average Bonchev–Trinajstić information content (AvgIpc) is 2.68. The molecule has 3 aromatic rings. The summed E-state index contributed by atoms with van der Waals surface area (Å²) in [6, 6.07) is 26.5. The predicted octanol–water partition coefficient (Wildman–Crippen LogP) is 4.03. The van der Waals surface area contributed by atoms with Gasteiger partial charge in [-0.3, -0.25) is 4.79 Å². The van der Waals surface area contributed by atoms with Gasteiger partial charge in [-0.25, -0.2) is 5.43 Å². The van der Waals surface area contributed by atoms with Crippen LogP contribution < -0.4 is 10.2 Å². The van der Waals surface area contributed by atoms with Gasteiger partial charge < -0.3 is 4.74 Å². The maximum Gasteiger partial charge on any atom is 0.271 e. The van der Waals surface area contributed by atoms with Crippen molar-refractivity contribution in [3.8, 4) is 5.75 Å². The highest BCUT2D eigenvalue weighted by Gasteiger charge is 2.01. The second-order valence-electron chi connectivity index (χ2n) is 5.41. The Hall–Kier alpha value is -3.40. The molecule has 0 spiro atoms. The van der Waals surface area contributed by atoms with Gasteiger partial charge in [0.2, 0.25) is 0 Å². The summed E-state index contributed by atoms with van der Waals surface area (Å²) < 4.78 is 5.78. The van der Waals surface area contributed by atoms with Crippen molar-refractivity contribution in [2.75, 3.05) is 0 Å². The van der Waals surface area contributed by atoms with Gasteiger partial charge in [0.1, 0.15) is 12.4 Å². The van der Waals surface area contributed by atoms with E-state index >= 15 is 0 Å². The summed E-state index contributed by atoms with van der Waals surface area (Å²) in [7, 11) is 0. The lowest BCUT2D eigenvalue weighted by atomic mass is 10.2. The van der Waals surface area contributed by atoms with Gasteiger partial charge in [0, 0.05) is 5.56 Å². The molecule has 3 rings (SSSR count). The van der Waals surface area contributed by atoms with Crippen molar-refractivity contribution >= 4 is 12.1 Å². The van der Waals surface area contributed by atoms with Gasteiger partial charge in [0.15, 0.2) is 0 Å². The third-order valence-corrected chi connectivity index (χ3v) is 3.52. The molecule has 0 radical (unpaired) electrons. The molecule has 0 heterocycles. The molecule has 0 bridgehead atoms. The van der Waals surface area contributed by atoms with Crippen LogP contribution in [0.15, 0.2) is 90.0 Å². The predicted molar refractivity (Wildman–Crippen MR) is 98.7 cm³/mol. The summed E-state index contributed by atoms with van der Waals surface area (Å²) in [4.78, 5) is 11.9. The van der Waals surface area contributed by atoms with Crippen molar-refractivity contribution in [2.45, 2.75) is 6.61 Å². The van der Waals surface area contributed by atoms with Crippen molar-refractivity contribution < 1.29 is 9.53 Å². The van der Waals surface area contributed by atoms with E-state index in [1.807, 2.05) is 72.8 Å². The number of hydrogen-bond donors (Lipinski definition) is 1. The largest absolute Gasteiger partial charge is 0.489 e. The van der Waals surface area contributed by atoms with Gasteiger partial charge in [0.05, 0.1) is 6.21 Å². The Balaban J connectivity index is 1.57. The fourth-order valence-corrected chi connectivity index (χ4v) is 2.25. The lowest BCUT2D eigenvalue weighted by Gasteiger charge is -2.06. The Labute approximate surface area is 146 Å². The zero-order valence-electron chi connectivity index (χ0n) is 13.6. The molecular weight excluding hydrogens is 312 g/mol. The number of carbonyl (C=O) groups excluding carboxylic acids is 1. The Kier molecular flexibility index (Phi) is 5.56. The normalized spacial score (nSPS) is 10.6. The van der Waals surface area contributed by atoms with Crippen LogP contribution in [0.5, 0.6) is 5.75 Å². The van der Waals surface area contributed by atoms with Gasteiger partial charge in [0.25, 0.3) is 5.91 Å². The highest BCUT2D eigenvalue weighted by molar-refractivity contribution is 5.94. The summed E-state index contributed by atoms with van der Waals surface area (Å²) in [5.41, 5.74) is 5.04. The standard InChI is InChI=1S/C21H18N2O2/c24-21(19-11-5-2-6-12-19)23-22-15-18-10-7-13-20(14-18)25-16-17-8-3-1-4-9-17/h1-15H,16H2,(H,23,24)/b22-15-. The maximum atomic E-state index is 11.9. The fourth-order valence-electron chi connectivity index (χ4n) is 2.25. The molecule has 0 aromatic heterocycles. The van der Waals surface area contributed by atoms with E-state index in [1.165, 1.54) is 0 Å². The summed E-state index contributed by atoms with van der Waals surface area (Å²) in [6.07, 6.45) is 1.59. The molecule has 124 valence electrons. The number of benzene rings is 3. The van der Waals surface area contributed by atoms with Crippen LogP contribution in [-0.4, -0.2) is 12.1 Å². The zero-order valence-corrected chi connectivity index (χ0v) is 13.6. The van der Waals surface area contributed by atoms with E-state index < -0.39 is 0 Å². The second-order valence-corrected chi connectivity index (χ2v) is 5.41. The molecule has 0 saturated heterocycles. The first kappa shape index (κ1) is 16.5. The highest BCUT2D eigenvalue weighted by atomic mass is 16.5. The van der Waals surface area contributed by atoms with E-state index in [1.54, 1.807) is 18.3 Å². The van der Waals surface area contributed by atoms with Crippen molar-refractivity contribution in [1.82, 2.24) is 5.43 Å². The van der Waals surface area contributed by atoms with Crippen LogP contribution in [-0.2, 0) is 6.61 Å². The number of ether oxygens (including phenoxy) is 1. The molecule has 0 unspecified atom stereocenters. The maximum absolute atomic E-state index is 11.9. The third-order valence-electron chi connectivity index (χ3n) is 3.52. The number of amides is 1. The summed E-state index contributed by atoms with van der Waals surface area (Å²) in [5.74, 6) is 0.510. The second kappa shape index (κ2) is 8.45. The topological polar surface area (TPSA) is 50.7 Å². The molecule has 1 N–H and O–H groups in total. The van der Waals surface area contributed by atoms with Gasteiger partial charge >= 0.3 is 0 Å². The monoisotopic (exact) mass is 330 g/mol. The van der Waals surface area contributed by atoms with Gasteiger partial charge in [-0.05, 0) is 35.4 Å². The number of rotatable bonds is 6. The molecule has 0 aliphatic carbocycles. The van der Waals surface area contributed by atoms with E-state index in [0.717, 1.165) is 16.9 Å². The van der Waals surface area contributed by atoms with E-state index in [4.69, 9.17) is 4.74 Å². The number of carbonyl (C=O) groups is 1. The van der Waals surface area contributed by atoms with Crippen LogP contribution in [0.25, 0.3) is 0 Å². The molecule has 25 heavy (non-hydrogen) atoms. The van der Waals surface area contributed by atoms with Gasteiger partial charge in [-0.1, -0.05) is 60.7 Å². The van der Waals surface area contributed by atoms with Crippen molar-refractivity contribution in [3.63, 3.8) is 0 Å². The van der Waals surface area contributed by atoms with Gasteiger partial charge in [-0.2, -0.15) is 5.10 Å². The summed E-state index contributed by atoms with van der Waals surface area (Å²) >= 11 is 0. The summed E-state index contributed by atoms with van der Waals surface area (Å²) in [6.45, 7) is 0.506. The fraction of sp³-hybridized carbons (Fsp3) is 0.0476. The van der Waals surface area contributed by atoms with Crippen molar-refractivity contribution in [3.05, 3.63) is 102 Å². The Morgan fingerprint density at radius 3 is 2.40 bits per heavy atom. The number of hydrazone groups is 1. The van der Waals surface area contributed by atoms with Crippen molar-refractivity contribution in [2.24, 2.45) is 5.10 Å². The molecule has 3 aromatic carbocycles. The summed E-state index contributed by atoms with van der Waals surface area (Å²) in [5, 5.41) is 4.00. The SMILES string of the molecule is O=C(N/N=C\c1cccc(OCc2ccccc2)c1)c1ccccc1. The van der Waals surface area contributed by atoms with Gasteiger partial charge in [-0.15, -0.1) is 0 Å². The molecule has 4 heteroatoms. The van der Waals surface area contributed by atoms with Crippen LogP contribution in [0.1, 0.15) is 21.5 Å². The minimum atomic E-state index is -0.242.